The van der Waals surface area contributed by atoms with E-state index in [0.29, 0.717) is 13.3 Å². The summed E-state index contributed by atoms with van der Waals surface area (Å²) in [4.78, 5) is 4.16. The molecule has 0 saturated carbocycles. The van der Waals surface area contributed by atoms with Gasteiger partial charge in [-0.25, -0.2) is 0 Å². The summed E-state index contributed by atoms with van der Waals surface area (Å²) >= 11 is 0. The molecule has 2 N–H and O–H groups in total. The topological polar surface area (TPSA) is 55.4 Å². The lowest BCUT2D eigenvalue weighted by molar-refractivity contribution is 0.174. The molecule has 5 heteroatoms. The highest BCUT2D eigenvalue weighted by Gasteiger charge is 2.12. The summed E-state index contributed by atoms with van der Waals surface area (Å²) < 4.78 is 10.6. The van der Waals surface area contributed by atoms with Gasteiger partial charge >= 0.3 is 0 Å². The Morgan fingerprint density at radius 2 is 1.95 bits per heavy atom. The van der Waals surface area contributed by atoms with E-state index in [4.69, 9.17) is 9.47 Å². The van der Waals surface area contributed by atoms with Crippen molar-refractivity contribution in [3.05, 3.63) is 42.2 Å². The van der Waals surface area contributed by atoms with Crippen LogP contribution in [0.4, 0.5) is 11.4 Å². The molecule has 1 aromatic heterocycles. The molecule has 0 spiro atoms. The Morgan fingerprint density at radius 3 is 2.84 bits per heavy atom. The predicted molar refractivity (Wildman–Crippen MR) is 73.7 cm³/mol. The zero-order chi connectivity index (χ0) is 13.1. The van der Waals surface area contributed by atoms with Crippen LogP contribution in [0.25, 0.3) is 0 Å². The largest absolute Gasteiger partial charge is 0.454 e. The fourth-order valence-corrected chi connectivity index (χ4v) is 1.93. The molecule has 0 unspecified atom stereocenters. The first-order valence-electron chi connectivity index (χ1n) is 6.10. The van der Waals surface area contributed by atoms with Crippen LogP contribution < -0.4 is 20.1 Å². The Bertz CT molecular complexity index is 587. The summed E-state index contributed by atoms with van der Waals surface area (Å²) in [6.07, 6.45) is 3.58. The van der Waals surface area contributed by atoms with E-state index in [-0.39, 0.29) is 0 Å². The van der Waals surface area contributed by atoms with Gasteiger partial charge in [0.15, 0.2) is 11.5 Å². The molecule has 2 aromatic rings. The van der Waals surface area contributed by atoms with Crippen molar-refractivity contribution < 1.29 is 9.47 Å². The normalized spacial score (nSPS) is 12.3. The molecule has 1 aliphatic heterocycles. The molecule has 0 radical (unpaired) electrons. The van der Waals surface area contributed by atoms with Crippen molar-refractivity contribution in [1.29, 1.82) is 0 Å². The van der Waals surface area contributed by atoms with Crippen LogP contribution in [0.2, 0.25) is 0 Å². The van der Waals surface area contributed by atoms with Gasteiger partial charge in [0.1, 0.15) is 0 Å². The average molecular weight is 257 g/mol. The lowest BCUT2D eigenvalue weighted by Crippen LogP contribution is -2.00. The fourth-order valence-electron chi connectivity index (χ4n) is 1.93. The third kappa shape index (κ3) is 2.54. The zero-order valence-electron chi connectivity index (χ0n) is 10.6. The van der Waals surface area contributed by atoms with Crippen molar-refractivity contribution in [3.8, 4) is 11.5 Å². The number of aromatic nitrogens is 1. The first-order valence-corrected chi connectivity index (χ1v) is 6.10. The van der Waals surface area contributed by atoms with Crippen molar-refractivity contribution in [2.45, 2.75) is 6.54 Å². The molecule has 98 valence electrons. The summed E-state index contributed by atoms with van der Waals surface area (Å²) in [5, 5.41) is 6.39. The summed E-state index contributed by atoms with van der Waals surface area (Å²) in [5.41, 5.74) is 3.10. The predicted octanol–water partition coefficient (Wildman–Crippen LogP) is 2.46. The van der Waals surface area contributed by atoms with Gasteiger partial charge in [-0.3, -0.25) is 4.98 Å². The fraction of sp³-hybridized carbons (Fsp3) is 0.214. The number of benzene rings is 1. The first kappa shape index (κ1) is 11.6. The number of rotatable bonds is 4. The molecule has 0 fully saturated rings. The van der Waals surface area contributed by atoms with Gasteiger partial charge in [0.2, 0.25) is 6.79 Å². The standard InChI is InChI=1S/C14H15N3O2/c1-15-11-5-12(8-16-7-11)17-6-10-2-3-13-14(4-10)19-9-18-13/h2-5,7-8,15,17H,6,9H2,1H3. The number of nitrogens with zero attached hydrogens (tertiary/aromatic N) is 1. The van der Waals surface area contributed by atoms with E-state index < -0.39 is 0 Å². The van der Waals surface area contributed by atoms with Crippen LogP contribution in [0.3, 0.4) is 0 Å². The van der Waals surface area contributed by atoms with Gasteiger partial charge < -0.3 is 20.1 Å². The molecule has 0 bridgehead atoms. The van der Waals surface area contributed by atoms with E-state index in [1.807, 2.05) is 31.3 Å². The van der Waals surface area contributed by atoms with Crippen molar-refractivity contribution in [3.63, 3.8) is 0 Å². The minimum Gasteiger partial charge on any atom is -0.454 e. The molecular weight excluding hydrogens is 242 g/mol. The van der Waals surface area contributed by atoms with Crippen LogP contribution in [0.5, 0.6) is 11.5 Å². The SMILES string of the molecule is CNc1cncc(NCc2ccc3c(c2)OCO3)c1. The second kappa shape index (κ2) is 5.06. The van der Waals surface area contributed by atoms with Crippen LogP contribution in [-0.2, 0) is 6.54 Å². The number of anilines is 2. The molecule has 0 amide bonds. The summed E-state index contributed by atoms with van der Waals surface area (Å²) in [7, 11) is 1.87. The molecule has 5 nitrogen and oxygen atoms in total. The van der Waals surface area contributed by atoms with Gasteiger partial charge in [0, 0.05) is 13.6 Å². The van der Waals surface area contributed by atoms with Gasteiger partial charge in [-0.1, -0.05) is 6.07 Å². The van der Waals surface area contributed by atoms with Gasteiger partial charge in [-0.15, -0.1) is 0 Å². The Hall–Kier alpha value is -2.43. The molecule has 1 aromatic carbocycles. The third-order valence-corrected chi connectivity index (χ3v) is 2.96. The van der Waals surface area contributed by atoms with Crippen LogP contribution in [0, 0.1) is 0 Å². The number of pyridine rings is 1. The highest BCUT2D eigenvalue weighted by atomic mass is 16.7. The van der Waals surface area contributed by atoms with Gasteiger partial charge in [0.05, 0.1) is 23.8 Å². The van der Waals surface area contributed by atoms with Crippen molar-refractivity contribution in [2.75, 3.05) is 24.5 Å². The molecule has 0 atom stereocenters. The lowest BCUT2D eigenvalue weighted by Gasteiger charge is -2.08. The third-order valence-electron chi connectivity index (χ3n) is 2.96. The number of nitrogens with one attached hydrogen (secondary N) is 2. The summed E-state index contributed by atoms with van der Waals surface area (Å²) in [6.45, 7) is 1.02. The Morgan fingerprint density at radius 1 is 1.11 bits per heavy atom. The molecule has 2 heterocycles. The maximum absolute atomic E-state index is 5.36. The molecule has 1 aliphatic rings. The Labute approximate surface area is 111 Å². The summed E-state index contributed by atoms with van der Waals surface area (Å²) in [6, 6.07) is 7.96. The maximum atomic E-state index is 5.36. The van der Waals surface area contributed by atoms with E-state index in [9.17, 15) is 0 Å². The van der Waals surface area contributed by atoms with Crippen LogP contribution >= 0.6 is 0 Å². The highest BCUT2D eigenvalue weighted by Crippen LogP contribution is 2.32. The second-order valence-electron chi connectivity index (χ2n) is 4.25. The first-order chi connectivity index (χ1) is 9.35. The van der Waals surface area contributed by atoms with Crippen LogP contribution in [-0.4, -0.2) is 18.8 Å². The van der Waals surface area contributed by atoms with Crippen molar-refractivity contribution in [2.24, 2.45) is 0 Å². The van der Waals surface area contributed by atoms with E-state index in [2.05, 4.69) is 15.6 Å². The van der Waals surface area contributed by atoms with E-state index >= 15 is 0 Å². The van der Waals surface area contributed by atoms with E-state index in [0.717, 1.165) is 28.4 Å². The zero-order valence-corrected chi connectivity index (χ0v) is 10.6. The van der Waals surface area contributed by atoms with Gasteiger partial charge in [-0.2, -0.15) is 0 Å². The minimum absolute atomic E-state index is 0.306. The lowest BCUT2D eigenvalue weighted by atomic mass is 10.2. The minimum atomic E-state index is 0.306. The van der Waals surface area contributed by atoms with Gasteiger partial charge in [0.25, 0.3) is 0 Å². The number of hydrogen-bond acceptors (Lipinski definition) is 5. The molecule has 19 heavy (non-hydrogen) atoms. The molecule has 0 saturated heterocycles. The van der Waals surface area contributed by atoms with Crippen LogP contribution in [0.15, 0.2) is 36.7 Å². The monoisotopic (exact) mass is 257 g/mol. The molecular formula is C14H15N3O2. The van der Waals surface area contributed by atoms with Crippen molar-refractivity contribution in [1.82, 2.24) is 4.98 Å². The number of hydrogen-bond donors (Lipinski definition) is 2. The average Bonchev–Trinajstić information content (AvgIpc) is 2.93. The summed E-state index contributed by atoms with van der Waals surface area (Å²) in [5.74, 6) is 1.61. The maximum Gasteiger partial charge on any atom is 0.231 e. The van der Waals surface area contributed by atoms with E-state index in [1.165, 1.54) is 0 Å². The van der Waals surface area contributed by atoms with Gasteiger partial charge in [-0.05, 0) is 23.8 Å². The van der Waals surface area contributed by atoms with Crippen LogP contribution in [0.1, 0.15) is 5.56 Å². The quantitative estimate of drug-likeness (QED) is 0.881. The number of ether oxygens (including phenoxy) is 2. The molecule has 3 rings (SSSR count). The second-order valence-corrected chi connectivity index (χ2v) is 4.25. The Kier molecular flexibility index (Phi) is 3.10. The smallest absolute Gasteiger partial charge is 0.231 e. The highest BCUT2D eigenvalue weighted by molar-refractivity contribution is 5.54. The van der Waals surface area contributed by atoms with E-state index in [1.54, 1.807) is 12.4 Å². The Balaban J connectivity index is 1.68. The molecule has 0 aliphatic carbocycles. The van der Waals surface area contributed by atoms with Crippen molar-refractivity contribution >= 4 is 11.4 Å². The number of fused-ring (bicyclic) bond motifs is 1.